The molecular weight excluding hydrogens is 504 g/mol. The zero-order valence-corrected chi connectivity index (χ0v) is 23.5. The molecule has 39 heavy (non-hydrogen) atoms. The Bertz CT molecular complexity index is 1110. The van der Waals surface area contributed by atoms with Crippen LogP contribution in [0, 0.1) is 5.92 Å². The first kappa shape index (κ1) is 31.0. The van der Waals surface area contributed by atoms with E-state index < -0.39 is 29.8 Å². The molecule has 0 spiro atoms. The van der Waals surface area contributed by atoms with E-state index in [1.54, 1.807) is 79.2 Å². The average Bonchev–Trinajstić information content (AvgIpc) is 2.87. The van der Waals surface area contributed by atoms with E-state index >= 15 is 0 Å². The molecule has 0 saturated carbocycles. The normalized spacial score (nSPS) is 12.0. The molecule has 0 bridgehead atoms. The summed E-state index contributed by atoms with van der Waals surface area (Å²) in [6.45, 7) is 8.75. The minimum Gasteiger partial charge on any atom is -0.497 e. The molecule has 0 heterocycles. The van der Waals surface area contributed by atoms with Crippen molar-refractivity contribution in [1.29, 1.82) is 0 Å². The van der Waals surface area contributed by atoms with Crippen molar-refractivity contribution in [2.45, 2.75) is 46.3 Å². The Morgan fingerprint density at radius 3 is 2.00 bits per heavy atom. The van der Waals surface area contributed by atoms with Gasteiger partial charge < -0.3 is 34.3 Å². The van der Waals surface area contributed by atoms with Crippen LogP contribution in [0.2, 0.25) is 0 Å². The first-order valence-electron chi connectivity index (χ1n) is 12.5. The number of carbonyl (C=O) groups excluding carboxylic acids is 3. The zero-order valence-electron chi connectivity index (χ0n) is 23.5. The van der Waals surface area contributed by atoms with E-state index in [1.807, 2.05) is 24.3 Å². The molecule has 10 heteroatoms. The van der Waals surface area contributed by atoms with Gasteiger partial charge in [0.1, 0.15) is 35.5 Å². The largest absolute Gasteiger partial charge is 0.513 e. The molecule has 0 fully saturated rings. The highest BCUT2D eigenvalue weighted by Gasteiger charge is 2.26. The Balaban J connectivity index is 1.79. The maximum absolute atomic E-state index is 12.5. The predicted octanol–water partition coefficient (Wildman–Crippen LogP) is 5.06. The summed E-state index contributed by atoms with van der Waals surface area (Å²) in [6, 6.07) is 11.6. The van der Waals surface area contributed by atoms with Gasteiger partial charge in [0.25, 0.3) is 0 Å². The van der Waals surface area contributed by atoms with Crippen molar-refractivity contribution >= 4 is 30.3 Å². The third-order valence-corrected chi connectivity index (χ3v) is 5.17. The smallest absolute Gasteiger partial charge is 0.497 e. The number of hydrogen-bond donors (Lipinski definition) is 2. The summed E-state index contributed by atoms with van der Waals surface area (Å²) < 4.78 is 26.0. The summed E-state index contributed by atoms with van der Waals surface area (Å²) in [4.78, 5) is 36.5. The third-order valence-electron chi connectivity index (χ3n) is 5.17. The number of hydrogen-bond acceptors (Lipinski definition) is 8. The Morgan fingerprint density at radius 2 is 1.46 bits per heavy atom. The van der Waals surface area contributed by atoms with Crippen LogP contribution in [0.15, 0.2) is 42.5 Å². The quantitative estimate of drug-likeness (QED) is 0.175. The van der Waals surface area contributed by atoms with Gasteiger partial charge in [-0.25, -0.2) is 9.59 Å². The third kappa shape index (κ3) is 11.4. The SMILES string of the molecule is COc1cc(/C=C/c2ccc(OC(=O)OCCNC(=O)C(NC(=O)OC(C)(C)C)C(C)C)cc2)cc(OC)c1. The zero-order chi connectivity index (χ0) is 29.0. The fourth-order valence-corrected chi connectivity index (χ4v) is 3.28. The highest BCUT2D eigenvalue weighted by molar-refractivity contribution is 5.86. The molecule has 1 atom stereocenters. The monoisotopic (exact) mass is 542 g/mol. The summed E-state index contributed by atoms with van der Waals surface area (Å²) in [5.74, 6) is 1.09. The van der Waals surface area contributed by atoms with E-state index in [1.165, 1.54) is 0 Å². The number of alkyl carbamates (subject to hydrolysis) is 1. The standard InChI is InChI=1S/C29H38N2O8/c1-19(2)25(31-27(33)39-29(3,4)5)26(32)30-14-15-37-28(34)38-22-12-10-20(11-13-22)8-9-21-16-23(35-6)18-24(17-21)36-7/h8-13,16-19,25H,14-15H2,1-7H3,(H,30,32)(H,31,33)/b9-8+. The second kappa shape index (κ2) is 14.7. The van der Waals surface area contributed by atoms with E-state index in [4.69, 9.17) is 23.7 Å². The van der Waals surface area contributed by atoms with Gasteiger partial charge >= 0.3 is 12.2 Å². The van der Waals surface area contributed by atoms with Crippen LogP contribution in [0.1, 0.15) is 45.7 Å². The number of benzene rings is 2. The van der Waals surface area contributed by atoms with Crippen LogP contribution in [0.25, 0.3) is 12.2 Å². The minimum absolute atomic E-state index is 0.0476. The topological polar surface area (TPSA) is 121 Å². The van der Waals surface area contributed by atoms with Crippen molar-refractivity contribution in [3.8, 4) is 17.2 Å². The Morgan fingerprint density at radius 1 is 0.872 bits per heavy atom. The van der Waals surface area contributed by atoms with Crippen molar-refractivity contribution in [1.82, 2.24) is 10.6 Å². The van der Waals surface area contributed by atoms with Gasteiger partial charge in [-0.1, -0.05) is 38.1 Å². The molecule has 0 saturated heterocycles. The Hall–Kier alpha value is -4.21. The molecule has 2 aromatic carbocycles. The first-order valence-corrected chi connectivity index (χ1v) is 12.5. The summed E-state index contributed by atoms with van der Waals surface area (Å²) in [5.41, 5.74) is 1.11. The van der Waals surface area contributed by atoms with Crippen molar-refractivity contribution in [2.24, 2.45) is 5.92 Å². The number of amides is 2. The maximum atomic E-state index is 12.5. The lowest BCUT2D eigenvalue weighted by Gasteiger charge is -2.25. The fraction of sp³-hybridized carbons (Fsp3) is 0.414. The molecule has 2 N–H and O–H groups in total. The maximum Gasteiger partial charge on any atom is 0.513 e. The van der Waals surface area contributed by atoms with E-state index in [0.717, 1.165) is 11.1 Å². The van der Waals surface area contributed by atoms with Crippen molar-refractivity contribution in [3.05, 3.63) is 53.6 Å². The van der Waals surface area contributed by atoms with Gasteiger partial charge in [0, 0.05) is 6.07 Å². The van der Waals surface area contributed by atoms with E-state index in [9.17, 15) is 14.4 Å². The van der Waals surface area contributed by atoms with E-state index in [-0.39, 0.29) is 19.1 Å². The van der Waals surface area contributed by atoms with Crippen molar-refractivity contribution in [3.63, 3.8) is 0 Å². The molecule has 0 aliphatic heterocycles. The molecular formula is C29H38N2O8. The molecule has 10 nitrogen and oxygen atoms in total. The minimum atomic E-state index is -0.900. The number of ether oxygens (including phenoxy) is 5. The number of carbonyl (C=O) groups is 3. The van der Waals surface area contributed by atoms with Gasteiger partial charge in [-0.3, -0.25) is 4.79 Å². The lowest BCUT2D eigenvalue weighted by Crippen LogP contribution is -2.51. The van der Waals surface area contributed by atoms with Crippen LogP contribution < -0.4 is 24.8 Å². The molecule has 0 aromatic heterocycles. The van der Waals surface area contributed by atoms with Gasteiger partial charge in [-0.2, -0.15) is 0 Å². The second-order valence-electron chi connectivity index (χ2n) is 9.91. The lowest BCUT2D eigenvalue weighted by atomic mass is 10.0. The molecule has 0 aliphatic carbocycles. The predicted molar refractivity (Wildman–Crippen MR) is 148 cm³/mol. The fourth-order valence-electron chi connectivity index (χ4n) is 3.28. The molecule has 2 rings (SSSR count). The number of methoxy groups -OCH3 is 2. The van der Waals surface area contributed by atoms with Crippen LogP contribution in [-0.2, 0) is 14.3 Å². The highest BCUT2D eigenvalue weighted by atomic mass is 16.7. The molecule has 2 aromatic rings. The molecule has 0 radical (unpaired) electrons. The van der Waals surface area contributed by atoms with Crippen LogP contribution in [0.3, 0.4) is 0 Å². The van der Waals surface area contributed by atoms with E-state index in [0.29, 0.717) is 17.2 Å². The van der Waals surface area contributed by atoms with Crippen molar-refractivity contribution in [2.75, 3.05) is 27.4 Å². The average molecular weight is 543 g/mol. The summed E-state index contributed by atoms with van der Waals surface area (Å²) in [5, 5.41) is 5.20. The number of rotatable bonds is 11. The molecule has 0 aliphatic rings. The van der Waals surface area contributed by atoms with Gasteiger partial charge in [0.05, 0.1) is 20.8 Å². The van der Waals surface area contributed by atoms with Crippen LogP contribution in [0.5, 0.6) is 17.2 Å². The molecule has 2 amide bonds. The van der Waals surface area contributed by atoms with E-state index in [2.05, 4.69) is 10.6 Å². The van der Waals surface area contributed by atoms with Crippen molar-refractivity contribution < 1.29 is 38.1 Å². The van der Waals surface area contributed by atoms with Gasteiger partial charge in [0.2, 0.25) is 5.91 Å². The second-order valence-corrected chi connectivity index (χ2v) is 9.91. The Kier molecular flexibility index (Phi) is 11.7. The molecule has 212 valence electrons. The highest BCUT2D eigenvalue weighted by Crippen LogP contribution is 2.24. The number of nitrogens with one attached hydrogen (secondary N) is 2. The van der Waals surface area contributed by atoms with Gasteiger partial charge in [-0.05, 0) is 62.1 Å². The summed E-state index contributed by atoms with van der Waals surface area (Å²) >= 11 is 0. The van der Waals surface area contributed by atoms with Crippen LogP contribution in [-0.4, -0.2) is 57.2 Å². The van der Waals surface area contributed by atoms with Gasteiger partial charge in [0.15, 0.2) is 0 Å². The first-order chi connectivity index (χ1) is 18.4. The lowest BCUT2D eigenvalue weighted by molar-refractivity contribution is -0.124. The summed E-state index contributed by atoms with van der Waals surface area (Å²) in [7, 11) is 3.19. The van der Waals surface area contributed by atoms with Gasteiger partial charge in [-0.15, -0.1) is 0 Å². The van der Waals surface area contributed by atoms with Crippen LogP contribution in [0.4, 0.5) is 9.59 Å². The Labute approximate surface area is 229 Å². The van der Waals surface area contributed by atoms with Crippen LogP contribution >= 0.6 is 0 Å². The summed E-state index contributed by atoms with van der Waals surface area (Å²) in [6.07, 6.45) is 2.23. The molecule has 1 unspecified atom stereocenters.